The Bertz CT molecular complexity index is 1590. The Labute approximate surface area is 252 Å². The normalized spacial score (nSPS) is 15.2. The lowest BCUT2D eigenvalue weighted by Crippen LogP contribution is -2.29. The molecule has 0 bridgehead atoms. The quantitative estimate of drug-likeness (QED) is 0.225. The van der Waals surface area contributed by atoms with E-state index in [-0.39, 0.29) is 17.7 Å². The van der Waals surface area contributed by atoms with Gasteiger partial charge in [0.05, 0.1) is 5.69 Å². The first-order chi connectivity index (χ1) is 20.6. The van der Waals surface area contributed by atoms with Crippen molar-refractivity contribution >= 4 is 28.6 Å². The number of alkyl halides is 3. The van der Waals surface area contributed by atoms with Gasteiger partial charge in [-0.25, -0.2) is 14.5 Å². The van der Waals surface area contributed by atoms with E-state index in [0.717, 1.165) is 29.1 Å². The lowest BCUT2D eigenvalue weighted by atomic mass is 10.00. The van der Waals surface area contributed by atoms with Gasteiger partial charge in [-0.1, -0.05) is 75.0 Å². The van der Waals surface area contributed by atoms with Gasteiger partial charge in [0.1, 0.15) is 12.1 Å². The van der Waals surface area contributed by atoms with Crippen LogP contribution in [0.5, 0.6) is 5.75 Å². The highest BCUT2D eigenvalue weighted by Gasteiger charge is 2.31. The highest BCUT2D eigenvalue weighted by molar-refractivity contribution is 8.14. The number of hydrogen-bond acceptors (Lipinski definition) is 5. The monoisotopic (exact) mass is 608 g/mol. The zero-order valence-electron chi connectivity index (χ0n) is 23.9. The molecular formula is C31H31F3N6O2S. The Kier molecular flexibility index (Phi) is 9.05. The standard InChI is InChI=1S/C31H31F3N6O2S/c1-20(2)26-6-4-5-7-27(26)39-16-17-43-30(39)37-29(41)35-18-21(3)22-8-10-23(11-9-22)28-36-19-40(38-28)24-12-14-25(15-13-24)42-31(32,33)34/h4-15,19-21H,16-18H2,1-3H3,(H,35,41). The molecule has 1 aromatic heterocycles. The minimum Gasteiger partial charge on any atom is -0.406 e. The van der Waals surface area contributed by atoms with Gasteiger partial charge < -0.3 is 15.0 Å². The van der Waals surface area contributed by atoms with E-state index in [1.165, 1.54) is 40.8 Å². The minimum atomic E-state index is -4.75. The van der Waals surface area contributed by atoms with Gasteiger partial charge >= 0.3 is 12.4 Å². The summed E-state index contributed by atoms with van der Waals surface area (Å²) >= 11 is 1.58. The van der Waals surface area contributed by atoms with Crippen LogP contribution in [0, 0.1) is 0 Å². The van der Waals surface area contributed by atoms with Gasteiger partial charge in [-0.15, -0.1) is 18.3 Å². The molecule has 1 aliphatic heterocycles. The second-order valence-corrected chi connectivity index (χ2v) is 11.4. The van der Waals surface area contributed by atoms with Gasteiger partial charge in [-0.05, 0) is 53.3 Å². The zero-order chi connectivity index (χ0) is 30.6. The summed E-state index contributed by atoms with van der Waals surface area (Å²) < 4.78 is 42.6. The molecule has 5 rings (SSSR count). The van der Waals surface area contributed by atoms with Crippen LogP contribution in [0.15, 0.2) is 84.1 Å². The molecule has 1 N–H and O–H groups in total. The van der Waals surface area contributed by atoms with Gasteiger partial charge in [-0.2, -0.15) is 4.99 Å². The fraction of sp³-hybridized carbons (Fsp3) is 0.290. The number of thioether (sulfide) groups is 1. The molecule has 1 fully saturated rings. The number of nitrogens with zero attached hydrogens (tertiary/aromatic N) is 5. The maximum absolute atomic E-state index is 12.8. The summed E-state index contributed by atoms with van der Waals surface area (Å²) in [5.41, 5.74) is 4.67. The lowest BCUT2D eigenvalue weighted by molar-refractivity contribution is -0.274. The highest BCUT2D eigenvalue weighted by atomic mass is 32.2. The molecule has 0 saturated carbocycles. The number of rotatable bonds is 8. The van der Waals surface area contributed by atoms with Crippen molar-refractivity contribution in [3.8, 4) is 22.8 Å². The van der Waals surface area contributed by atoms with E-state index < -0.39 is 6.36 Å². The van der Waals surface area contributed by atoms with E-state index in [1.807, 2.05) is 43.3 Å². The van der Waals surface area contributed by atoms with Crippen LogP contribution in [0.3, 0.4) is 0 Å². The summed E-state index contributed by atoms with van der Waals surface area (Å²) in [5, 5.41) is 8.09. The minimum absolute atomic E-state index is 0.0372. The molecule has 2 amide bonds. The molecule has 4 aromatic rings. The number of nitrogens with one attached hydrogen (secondary N) is 1. The Morgan fingerprint density at radius 3 is 2.47 bits per heavy atom. The average molecular weight is 609 g/mol. The number of carbonyl (C=O) groups is 1. The smallest absolute Gasteiger partial charge is 0.406 e. The molecule has 8 nitrogen and oxygen atoms in total. The molecule has 0 aliphatic carbocycles. The maximum Gasteiger partial charge on any atom is 0.573 e. The summed E-state index contributed by atoms with van der Waals surface area (Å²) in [5.74, 6) is 1.43. The Morgan fingerprint density at radius 1 is 1.05 bits per heavy atom. The fourth-order valence-electron chi connectivity index (χ4n) is 4.71. The van der Waals surface area contributed by atoms with Gasteiger partial charge in [-0.3, -0.25) is 0 Å². The third kappa shape index (κ3) is 7.56. The zero-order valence-corrected chi connectivity index (χ0v) is 24.7. The Morgan fingerprint density at radius 2 is 1.77 bits per heavy atom. The molecule has 43 heavy (non-hydrogen) atoms. The first-order valence-corrected chi connectivity index (χ1v) is 14.8. The molecular weight excluding hydrogens is 577 g/mol. The lowest BCUT2D eigenvalue weighted by Gasteiger charge is -2.23. The second-order valence-electron chi connectivity index (χ2n) is 10.4. The fourth-order valence-corrected chi connectivity index (χ4v) is 5.65. The first kappa shape index (κ1) is 30.1. The molecule has 0 spiro atoms. The Hall–Kier alpha value is -4.32. The third-order valence-electron chi connectivity index (χ3n) is 6.95. The molecule has 2 heterocycles. The van der Waals surface area contributed by atoms with E-state index in [0.29, 0.717) is 29.1 Å². The number of urea groups is 1. The predicted molar refractivity (Wildman–Crippen MR) is 163 cm³/mol. The van der Waals surface area contributed by atoms with Crippen LogP contribution in [0.2, 0.25) is 0 Å². The van der Waals surface area contributed by atoms with Crippen molar-refractivity contribution in [1.82, 2.24) is 20.1 Å². The number of hydrogen-bond donors (Lipinski definition) is 1. The number of anilines is 1. The van der Waals surface area contributed by atoms with Crippen molar-refractivity contribution in [3.05, 3.63) is 90.3 Å². The number of ether oxygens (including phenoxy) is 1. The van der Waals surface area contributed by atoms with Gasteiger partial charge in [0.2, 0.25) is 0 Å². The van der Waals surface area contributed by atoms with E-state index >= 15 is 0 Å². The van der Waals surface area contributed by atoms with E-state index in [2.05, 4.69) is 56.0 Å². The number of aliphatic imine (C=N–C) groups is 1. The van der Waals surface area contributed by atoms with Gasteiger partial charge in [0.15, 0.2) is 11.0 Å². The summed E-state index contributed by atoms with van der Waals surface area (Å²) in [6, 6.07) is 21.0. The number of benzene rings is 3. The van der Waals surface area contributed by atoms with Crippen molar-refractivity contribution in [1.29, 1.82) is 0 Å². The summed E-state index contributed by atoms with van der Waals surface area (Å²) in [4.78, 5) is 23.6. The van der Waals surface area contributed by atoms with Crippen molar-refractivity contribution < 1.29 is 22.7 Å². The van der Waals surface area contributed by atoms with Crippen molar-refractivity contribution in [2.75, 3.05) is 23.7 Å². The number of amidine groups is 1. The second kappa shape index (κ2) is 12.9. The first-order valence-electron chi connectivity index (χ1n) is 13.8. The summed E-state index contributed by atoms with van der Waals surface area (Å²) in [6.07, 6.45) is -3.25. The molecule has 3 aromatic carbocycles. The molecule has 1 saturated heterocycles. The molecule has 1 atom stereocenters. The maximum atomic E-state index is 12.8. The van der Waals surface area contributed by atoms with Gasteiger partial charge in [0.25, 0.3) is 0 Å². The summed E-state index contributed by atoms with van der Waals surface area (Å²) in [7, 11) is 0. The summed E-state index contributed by atoms with van der Waals surface area (Å²) in [6.45, 7) is 7.57. The molecule has 1 unspecified atom stereocenters. The van der Waals surface area contributed by atoms with Crippen LogP contribution >= 0.6 is 11.8 Å². The van der Waals surface area contributed by atoms with Crippen LogP contribution < -0.4 is 15.0 Å². The molecule has 1 aliphatic rings. The molecule has 0 radical (unpaired) electrons. The number of amides is 2. The van der Waals surface area contributed by atoms with Crippen LogP contribution in [0.1, 0.15) is 43.7 Å². The van der Waals surface area contributed by atoms with E-state index in [4.69, 9.17) is 0 Å². The number of halogens is 3. The van der Waals surface area contributed by atoms with E-state index in [1.54, 1.807) is 11.8 Å². The number of para-hydroxylation sites is 1. The molecule has 224 valence electrons. The van der Waals surface area contributed by atoms with Gasteiger partial charge in [0, 0.05) is 30.1 Å². The topological polar surface area (TPSA) is 84.6 Å². The van der Waals surface area contributed by atoms with Crippen LogP contribution in [0.25, 0.3) is 17.1 Å². The van der Waals surface area contributed by atoms with Crippen molar-refractivity contribution in [2.24, 2.45) is 4.99 Å². The number of carbonyl (C=O) groups excluding carboxylic acids is 1. The highest BCUT2D eigenvalue weighted by Crippen LogP contribution is 2.32. The van der Waals surface area contributed by atoms with Crippen LogP contribution in [-0.2, 0) is 0 Å². The molecule has 12 heteroatoms. The average Bonchev–Trinajstić information content (AvgIpc) is 3.66. The van der Waals surface area contributed by atoms with E-state index in [9.17, 15) is 18.0 Å². The van der Waals surface area contributed by atoms with Crippen LogP contribution in [0.4, 0.5) is 23.7 Å². The largest absolute Gasteiger partial charge is 0.573 e. The third-order valence-corrected chi connectivity index (χ3v) is 7.90. The van der Waals surface area contributed by atoms with Crippen molar-refractivity contribution in [2.45, 2.75) is 39.0 Å². The van der Waals surface area contributed by atoms with Crippen molar-refractivity contribution in [3.63, 3.8) is 0 Å². The SMILES string of the molecule is CC(C)c1ccccc1N1CCSC1=NC(=O)NCC(C)c1ccc(-c2ncn(-c3ccc(OC(F)(F)F)cc3)n2)cc1. The van der Waals surface area contributed by atoms with Crippen LogP contribution in [-0.4, -0.2) is 51.2 Å². The number of aromatic nitrogens is 3. The predicted octanol–water partition coefficient (Wildman–Crippen LogP) is 7.38. The Balaban J connectivity index is 1.18.